The molecule has 0 spiro atoms. The smallest absolute Gasteiger partial charge is 0.220 e. The van der Waals surface area contributed by atoms with Crippen LogP contribution in [-0.2, 0) is 19.1 Å². The Balaban J connectivity index is 1.47. The van der Waals surface area contributed by atoms with E-state index in [0.717, 1.165) is 51.6 Å². The number of ether oxygens (including phenoxy) is 2. The Bertz CT molecular complexity index is 449. The highest BCUT2D eigenvalue weighted by Gasteiger charge is 2.25. The number of carbonyl (C=O) groups excluding carboxylic acids is 2. The van der Waals surface area contributed by atoms with E-state index >= 15 is 0 Å². The van der Waals surface area contributed by atoms with Gasteiger partial charge in [-0.25, -0.2) is 0 Å². The van der Waals surface area contributed by atoms with Crippen LogP contribution in [0.3, 0.4) is 0 Å². The minimum absolute atomic E-state index is 0.0520. The third kappa shape index (κ3) is 9.94. The van der Waals surface area contributed by atoms with Gasteiger partial charge in [0.25, 0.3) is 0 Å². The molecule has 6 heteroatoms. The first kappa shape index (κ1) is 24.1. The lowest BCUT2D eigenvalue weighted by Gasteiger charge is -2.32. The van der Waals surface area contributed by atoms with Gasteiger partial charge < -0.3 is 20.1 Å². The average molecular weight is 411 g/mol. The summed E-state index contributed by atoms with van der Waals surface area (Å²) in [4.78, 5) is 24.0. The molecule has 2 amide bonds. The largest absolute Gasteiger partial charge is 0.376 e. The zero-order chi connectivity index (χ0) is 21.2. The van der Waals surface area contributed by atoms with Gasteiger partial charge in [-0.15, -0.1) is 0 Å². The molecule has 4 atom stereocenters. The van der Waals surface area contributed by atoms with Crippen LogP contribution in [0.25, 0.3) is 0 Å². The first-order chi connectivity index (χ1) is 13.8. The van der Waals surface area contributed by atoms with Crippen LogP contribution in [0, 0.1) is 11.8 Å². The molecule has 2 rings (SSSR count). The Kier molecular flexibility index (Phi) is 10.4. The normalized spacial score (nSPS) is 32.6. The van der Waals surface area contributed by atoms with Gasteiger partial charge in [0, 0.05) is 25.9 Å². The Hall–Kier alpha value is -1.14. The molecule has 2 saturated heterocycles. The Morgan fingerprint density at radius 1 is 0.690 bits per heavy atom. The van der Waals surface area contributed by atoms with E-state index in [1.165, 1.54) is 0 Å². The molecule has 4 unspecified atom stereocenters. The van der Waals surface area contributed by atoms with Crippen molar-refractivity contribution in [3.8, 4) is 0 Å². The molecule has 2 aliphatic heterocycles. The minimum atomic E-state index is 0.0520. The van der Waals surface area contributed by atoms with E-state index in [1.807, 2.05) is 0 Å². The molecule has 2 N–H and O–H groups in total. The minimum Gasteiger partial charge on any atom is -0.376 e. The number of hydrogen-bond donors (Lipinski definition) is 2. The van der Waals surface area contributed by atoms with Gasteiger partial charge in [0.1, 0.15) is 0 Å². The molecule has 2 heterocycles. The maximum absolute atomic E-state index is 12.0. The highest BCUT2D eigenvalue weighted by atomic mass is 16.5. The van der Waals surface area contributed by atoms with E-state index in [0.29, 0.717) is 55.5 Å². The van der Waals surface area contributed by atoms with E-state index in [1.54, 1.807) is 0 Å². The highest BCUT2D eigenvalue weighted by molar-refractivity contribution is 5.78. The number of rotatable bonds is 10. The number of amides is 2. The van der Waals surface area contributed by atoms with E-state index < -0.39 is 0 Å². The zero-order valence-corrected chi connectivity index (χ0v) is 18.9. The summed E-state index contributed by atoms with van der Waals surface area (Å²) < 4.78 is 11.5. The summed E-state index contributed by atoms with van der Waals surface area (Å²) in [5.74, 6) is 1.36. The average Bonchev–Trinajstić information content (AvgIpc) is 2.60. The molecule has 168 valence electrons. The van der Waals surface area contributed by atoms with Crippen LogP contribution in [0.1, 0.15) is 85.5 Å². The highest BCUT2D eigenvalue weighted by Crippen LogP contribution is 2.27. The van der Waals surface area contributed by atoms with Gasteiger partial charge in [-0.3, -0.25) is 9.59 Å². The second-order valence-corrected chi connectivity index (χ2v) is 9.32. The molecule has 0 aliphatic carbocycles. The van der Waals surface area contributed by atoms with Crippen LogP contribution >= 0.6 is 0 Å². The fourth-order valence-corrected chi connectivity index (χ4v) is 4.97. The quantitative estimate of drug-likeness (QED) is 0.577. The van der Waals surface area contributed by atoms with E-state index in [9.17, 15) is 9.59 Å². The lowest BCUT2D eigenvalue weighted by Crippen LogP contribution is -2.33. The maximum Gasteiger partial charge on any atom is 0.220 e. The van der Waals surface area contributed by atoms with E-state index in [2.05, 4.69) is 38.3 Å². The first-order valence-corrected chi connectivity index (χ1v) is 11.7. The van der Waals surface area contributed by atoms with Gasteiger partial charge in [-0.1, -0.05) is 0 Å². The summed E-state index contributed by atoms with van der Waals surface area (Å²) in [7, 11) is 0. The fourth-order valence-electron chi connectivity index (χ4n) is 4.97. The van der Waals surface area contributed by atoms with Gasteiger partial charge >= 0.3 is 0 Å². The molecule has 0 bridgehead atoms. The predicted octanol–water partition coefficient (Wildman–Crippen LogP) is 3.58. The van der Waals surface area contributed by atoms with Gasteiger partial charge in [0.15, 0.2) is 0 Å². The first-order valence-electron chi connectivity index (χ1n) is 11.7. The van der Waals surface area contributed by atoms with E-state index in [-0.39, 0.29) is 11.8 Å². The number of hydrogen-bond acceptors (Lipinski definition) is 4. The lowest BCUT2D eigenvalue weighted by molar-refractivity contribution is -0.122. The van der Waals surface area contributed by atoms with Crippen molar-refractivity contribution >= 4 is 11.8 Å². The summed E-state index contributed by atoms with van der Waals surface area (Å²) in [5, 5.41) is 6.01. The van der Waals surface area contributed by atoms with Gasteiger partial charge in [-0.05, 0) is 84.5 Å². The predicted molar refractivity (Wildman–Crippen MR) is 115 cm³/mol. The van der Waals surface area contributed by atoms with Crippen molar-refractivity contribution in [2.75, 3.05) is 13.1 Å². The molecule has 0 radical (unpaired) electrons. The molecule has 29 heavy (non-hydrogen) atoms. The maximum atomic E-state index is 12.0. The number of carbonyl (C=O) groups is 2. The summed E-state index contributed by atoms with van der Waals surface area (Å²) >= 11 is 0. The molecule has 0 aromatic rings. The standard InChI is InChI=1S/C23H42N2O4/c1-16-12-20(13-17(2)28-16)8-10-24-22(26)6-5-7-23(27)25-11-9-21-14-18(3)29-19(4)15-21/h16-21H,5-15H2,1-4H3,(H,24,26)(H,25,27). The monoisotopic (exact) mass is 410 g/mol. The van der Waals surface area contributed by atoms with Crippen molar-refractivity contribution in [3.05, 3.63) is 0 Å². The van der Waals surface area contributed by atoms with Crippen LogP contribution < -0.4 is 10.6 Å². The van der Waals surface area contributed by atoms with Crippen molar-refractivity contribution in [2.24, 2.45) is 11.8 Å². The summed E-state index contributed by atoms with van der Waals surface area (Å²) in [5.41, 5.74) is 0. The molecular weight excluding hydrogens is 368 g/mol. The third-order valence-corrected chi connectivity index (χ3v) is 6.15. The Morgan fingerprint density at radius 2 is 1.03 bits per heavy atom. The van der Waals surface area contributed by atoms with Crippen molar-refractivity contribution < 1.29 is 19.1 Å². The molecule has 2 aliphatic rings. The van der Waals surface area contributed by atoms with Gasteiger partial charge in [-0.2, -0.15) is 0 Å². The van der Waals surface area contributed by atoms with Crippen LogP contribution in [0.2, 0.25) is 0 Å². The molecule has 0 aromatic heterocycles. The Labute approximate surface area is 176 Å². The van der Waals surface area contributed by atoms with E-state index in [4.69, 9.17) is 9.47 Å². The molecular formula is C23H42N2O4. The molecule has 0 saturated carbocycles. The summed E-state index contributed by atoms with van der Waals surface area (Å²) in [6, 6.07) is 0. The van der Waals surface area contributed by atoms with Crippen molar-refractivity contribution in [1.29, 1.82) is 0 Å². The fraction of sp³-hybridized carbons (Fsp3) is 0.913. The van der Waals surface area contributed by atoms with Crippen molar-refractivity contribution in [1.82, 2.24) is 10.6 Å². The summed E-state index contributed by atoms with van der Waals surface area (Å²) in [6.45, 7) is 9.93. The van der Waals surface area contributed by atoms with Crippen LogP contribution in [0.5, 0.6) is 0 Å². The SMILES string of the molecule is CC1CC(CCNC(=O)CCCC(=O)NCCC2CC(C)OC(C)C2)CC(C)O1. The molecule has 6 nitrogen and oxygen atoms in total. The molecule has 0 aromatic carbocycles. The lowest BCUT2D eigenvalue weighted by atomic mass is 9.90. The third-order valence-electron chi connectivity index (χ3n) is 6.15. The van der Waals surface area contributed by atoms with Gasteiger partial charge in [0.2, 0.25) is 11.8 Å². The summed E-state index contributed by atoms with van der Waals surface area (Å²) in [6.07, 6.45) is 9.03. The van der Waals surface area contributed by atoms with Crippen LogP contribution in [-0.4, -0.2) is 49.3 Å². The number of nitrogens with one attached hydrogen (secondary N) is 2. The van der Waals surface area contributed by atoms with Gasteiger partial charge in [0.05, 0.1) is 24.4 Å². The Morgan fingerprint density at radius 3 is 1.38 bits per heavy atom. The second kappa shape index (κ2) is 12.5. The van der Waals surface area contributed by atoms with Crippen molar-refractivity contribution in [2.45, 2.75) is 110 Å². The van der Waals surface area contributed by atoms with Crippen molar-refractivity contribution in [3.63, 3.8) is 0 Å². The molecule has 2 fully saturated rings. The zero-order valence-electron chi connectivity index (χ0n) is 18.9. The second-order valence-electron chi connectivity index (χ2n) is 9.32. The van der Waals surface area contributed by atoms with Crippen LogP contribution in [0.4, 0.5) is 0 Å². The van der Waals surface area contributed by atoms with Crippen LogP contribution in [0.15, 0.2) is 0 Å². The topological polar surface area (TPSA) is 76.7 Å².